The summed E-state index contributed by atoms with van der Waals surface area (Å²) in [5, 5.41) is 42.3. The molecule has 4 heterocycles. The van der Waals surface area contributed by atoms with E-state index < -0.39 is 37.1 Å². The number of fused-ring (bicyclic) bond motifs is 1. The molecule has 0 bridgehead atoms. The SMILES string of the molecule is Nc1nc(-n2cc(C(=O)O)cn2)nc2c1ncn2C1OC(CO)[C@@H](O)[C@H]1O. The van der Waals surface area contributed by atoms with Crippen molar-refractivity contribution in [3.05, 3.63) is 24.3 Å². The molecule has 3 aromatic heterocycles. The summed E-state index contributed by atoms with van der Waals surface area (Å²) in [4.78, 5) is 23.4. The zero-order valence-electron chi connectivity index (χ0n) is 13.6. The Bertz CT molecular complexity index is 1020. The first-order chi connectivity index (χ1) is 12.9. The van der Waals surface area contributed by atoms with Gasteiger partial charge in [0, 0.05) is 6.20 Å². The molecular weight excluding hydrogens is 362 g/mol. The van der Waals surface area contributed by atoms with E-state index in [4.69, 9.17) is 15.6 Å². The third-order valence-electron chi connectivity index (χ3n) is 4.26. The Labute approximate surface area is 150 Å². The quantitative estimate of drug-likeness (QED) is 0.334. The fraction of sp³-hybridized carbons (Fsp3) is 0.357. The zero-order valence-corrected chi connectivity index (χ0v) is 13.6. The average molecular weight is 377 g/mol. The summed E-state index contributed by atoms with van der Waals surface area (Å²) >= 11 is 0. The van der Waals surface area contributed by atoms with Crippen molar-refractivity contribution in [2.75, 3.05) is 12.3 Å². The molecule has 27 heavy (non-hydrogen) atoms. The lowest BCUT2D eigenvalue weighted by molar-refractivity contribution is -0.0511. The number of anilines is 1. The number of imidazole rings is 1. The molecule has 6 N–H and O–H groups in total. The highest BCUT2D eigenvalue weighted by molar-refractivity contribution is 5.87. The number of aromatic carboxylic acids is 1. The highest BCUT2D eigenvalue weighted by Crippen LogP contribution is 2.32. The van der Waals surface area contributed by atoms with Crippen LogP contribution in [0.2, 0.25) is 0 Å². The maximum atomic E-state index is 11.0. The Morgan fingerprint density at radius 3 is 2.70 bits per heavy atom. The van der Waals surface area contributed by atoms with Crippen molar-refractivity contribution < 1.29 is 30.0 Å². The van der Waals surface area contributed by atoms with Crippen LogP contribution in [0, 0.1) is 0 Å². The van der Waals surface area contributed by atoms with Crippen LogP contribution >= 0.6 is 0 Å². The second-order valence-corrected chi connectivity index (χ2v) is 5.94. The van der Waals surface area contributed by atoms with Gasteiger partial charge in [-0.1, -0.05) is 0 Å². The number of nitrogen functional groups attached to an aromatic ring is 1. The number of aliphatic hydroxyl groups excluding tert-OH is 3. The van der Waals surface area contributed by atoms with E-state index >= 15 is 0 Å². The van der Waals surface area contributed by atoms with Gasteiger partial charge in [-0.05, 0) is 0 Å². The molecule has 142 valence electrons. The molecule has 0 radical (unpaired) electrons. The van der Waals surface area contributed by atoms with Crippen LogP contribution in [0.25, 0.3) is 17.1 Å². The summed E-state index contributed by atoms with van der Waals surface area (Å²) < 4.78 is 7.96. The van der Waals surface area contributed by atoms with E-state index in [0.29, 0.717) is 0 Å². The molecule has 4 atom stereocenters. The summed E-state index contributed by atoms with van der Waals surface area (Å²) in [5.41, 5.74) is 6.25. The normalized spacial score (nSPS) is 25.3. The molecule has 4 rings (SSSR count). The van der Waals surface area contributed by atoms with Gasteiger partial charge in [0.1, 0.15) is 23.8 Å². The first-order valence-electron chi connectivity index (χ1n) is 7.81. The zero-order chi connectivity index (χ0) is 19.3. The summed E-state index contributed by atoms with van der Waals surface area (Å²) in [6.07, 6.45) is -0.985. The number of carbonyl (C=O) groups is 1. The lowest BCUT2D eigenvalue weighted by Crippen LogP contribution is -2.33. The standard InChI is InChI=1S/C14H15N7O6/c15-10-7-11(19-14(18-10)21-2-5(1-17-21)13(25)26)20(4-16-7)12-9(24)8(23)6(3-22)27-12/h1-2,4,6,8-9,12,22-24H,3H2,(H,25,26)(H2,15,18,19)/t6?,8-,9-,12?/m1/s1. The Hall–Kier alpha value is -3.13. The molecule has 3 aromatic rings. The van der Waals surface area contributed by atoms with Crippen LogP contribution in [-0.2, 0) is 4.74 Å². The van der Waals surface area contributed by atoms with E-state index in [9.17, 15) is 20.1 Å². The number of hydrogen-bond acceptors (Lipinski definition) is 10. The molecule has 13 heteroatoms. The average Bonchev–Trinajstić information content (AvgIpc) is 3.34. The molecule has 2 unspecified atom stereocenters. The van der Waals surface area contributed by atoms with Crippen LogP contribution in [0.3, 0.4) is 0 Å². The number of rotatable bonds is 4. The number of aromatic nitrogens is 6. The largest absolute Gasteiger partial charge is 0.478 e. The fourth-order valence-electron chi connectivity index (χ4n) is 2.87. The van der Waals surface area contributed by atoms with Gasteiger partial charge < -0.3 is 30.9 Å². The number of nitrogens with zero attached hydrogens (tertiary/aromatic N) is 6. The number of carboxylic acids is 1. The number of ether oxygens (including phenoxy) is 1. The topological polar surface area (TPSA) is 195 Å². The molecular formula is C14H15N7O6. The molecule has 13 nitrogen and oxygen atoms in total. The molecule has 0 aliphatic carbocycles. The van der Waals surface area contributed by atoms with Crippen molar-refractivity contribution in [1.29, 1.82) is 0 Å². The molecule has 1 aliphatic heterocycles. The minimum Gasteiger partial charge on any atom is -0.478 e. The Balaban J connectivity index is 1.80. The Morgan fingerprint density at radius 2 is 2.07 bits per heavy atom. The van der Waals surface area contributed by atoms with Gasteiger partial charge in [0.05, 0.1) is 24.7 Å². The smallest absolute Gasteiger partial charge is 0.338 e. The van der Waals surface area contributed by atoms with Crippen molar-refractivity contribution in [2.45, 2.75) is 24.5 Å². The van der Waals surface area contributed by atoms with E-state index in [-0.39, 0.29) is 28.5 Å². The molecule has 0 saturated carbocycles. The number of hydrogen-bond donors (Lipinski definition) is 5. The van der Waals surface area contributed by atoms with Gasteiger partial charge in [-0.25, -0.2) is 14.5 Å². The van der Waals surface area contributed by atoms with Gasteiger partial charge in [-0.3, -0.25) is 4.57 Å². The highest BCUT2D eigenvalue weighted by Gasteiger charge is 2.44. The van der Waals surface area contributed by atoms with Gasteiger partial charge in [0.15, 0.2) is 17.7 Å². The van der Waals surface area contributed by atoms with Crippen LogP contribution in [0.4, 0.5) is 5.82 Å². The minimum atomic E-state index is -1.33. The summed E-state index contributed by atoms with van der Waals surface area (Å²) in [7, 11) is 0. The van der Waals surface area contributed by atoms with Crippen molar-refractivity contribution in [3.63, 3.8) is 0 Å². The molecule has 1 aliphatic rings. The van der Waals surface area contributed by atoms with Crippen LogP contribution < -0.4 is 5.73 Å². The summed E-state index contributed by atoms with van der Waals surface area (Å²) in [6.45, 7) is -0.477. The molecule has 1 saturated heterocycles. The maximum Gasteiger partial charge on any atom is 0.338 e. The molecule has 0 spiro atoms. The first kappa shape index (κ1) is 17.3. The van der Waals surface area contributed by atoms with Crippen LogP contribution in [0.15, 0.2) is 18.7 Å². The number of carboxylic acid groups (broad SMARTS) is 1. The van der Waals surface area contributed by atoms with E-state index in [1.165, 1.54) is 17.1 Å². The van der Waals surface area contributed by atoms with E-state index in [2.05, 4.69) is 20.1 Å². The van der Waals surface area contributed by atoms with Gasteiger partial charge in [-0.2, -0.15) is 15.1 Å². The molecule has 0 aromatic carbocycles. The van der Waals surface area contributed by atoms with E-state index in [1.807, 2.05) is 0 Å². The predicted molar refractivity (Wildman–Crippen MR) is 86.8 cm³/mol. The first-order valence-corrected chi connectivity index (χ1v) is 7.81. The lowest BCUT2D eigenvalue weighted by atomic mass is 10.1. The second-order valence-electron chi connectivity index (χ2n) is 5.94. The van der Waals surface area contributed by atoms with Crippen LogP contribution in [0.5, 0.6) is 0 Å². The number of nitrogens with two attached hydrogens (primary N) is 1. The van der Waals surface area contributed by atoms with Crippen molar-refractivity contribution >= 4 is 23.0 Å². The van der Waals surface area contributed by atoms with Crippen LogP contribution in [-0.4, -0.2) is 80.6 Å². The fourth-order valence-corrected chi connectivity index (χ4v) is 2.87. The molecule has 0 amide bonds. The molecule has 1 fully saturated rings. The summed E-state index contributed by atoms with van der Waals surface area (Å²) in [5.74, 6) is -1.17. The van der Waals surface area contributed by atoms with Crippen molar-refractivity contribution in [2.24, 2.45) is 0 Å². The predicted octanol–water partition coefficient (Wildman–Crippen LogP) is -2.10. The van der Waals surface area contributed by atoms with Gasteiger partial charge >= 0.3 is 5.97 Å². The third kappa shape index (κ3) is 2.69. The van der Waals surface area contributed by atoms with E-state index in [1.54, 1.807) is 0 Å². The monoisotopic (exact) mass is 377 g/mol. The van der Waals surface area contributed by atoms with Crippen molar-refractivity contribution in [1.82, 2.24) is 29.3 Å². The second kappa shape index (κ2) is 6.24. The third-order valence-corrected chi connectivity index (χ3v) is 4.26. The van der Waals surface area contributed by atoms with Gasteiger partial charge in [-0.15, -0.1) is 0 Å². The highest BCUT2D eigenvalue weighted by atomic mass is 16.6. The Kier molecular flexibility index (Phi) is 4.00. The van der Waals surface area contributed by atoms with Gasteiger partial charge in [0.2, 0.25) is 0 Å². The lowest BCUT2D eigenvalue weighted by Gasteiger charge is -2.16. The van der Waals surface area contributed by atoms with Gasteiger partial charge in [0.25, 0.3) is 5.95 Å². The van der Waals surface area contributed by atoms with Crippen molar-refractivity contribution in [3.8, 4) is 5.95 Å². The summed E-state index contributed by atoms with van der Waals surface area (Å²) in [6, 6.07) is 0. The van der Waals surface area contributed by atoms with E-state index in [0.717, 1.165) is 10.9 Å². The Morgan fingerprint density at radius 1 is 1.30 bits per heavy atom. The number of aliphatic hydroxyl groups is 3. The van der Waals surface area contributed by atoms with Crippen LogP contribution in [0.1, 0.15) is 16.6 Å². The minimum absolute atomic E-state index is 0.00729. The maximum absolute atomic E-state index is 11.0.